The summed E-state index contributed by atoms with van der Waals surface area (Å²) in [6, 6.07) is 41.9. The molecule has 47 heavy (non-hydrogen) atoms. The van der Waals surface area contributed by atoms with E-state index in [4.69, 9.17) is 11.0 Å². The van der Waals surface area contributed by atoms with Gasteiger partial charge in [0.25, 0.3) is 0 Å². The highest BCUT2D eigenvalue weighted by atomic mass is 16.3. The Balaban J connectivity index is 1.38. The van der Waals surface area contributed by atoms with Crippen LogP contribution in [0.1, 0.15) is 16.7 Å². The van der Waals surface area contributed by atoms with E-state index in [1.54, 1.807) is 18.2 Å². The molecule has 0 aliphatic carbocycles. The van der Waals surface area contributed by atoms with Crippen LogP contribution in [0, 0.1) is 40.6 Å². The fourth-order valence-corrected chi connectivity index (χ4v) is 7.03. The van der Waals surface area contributed by atoms with Gasteiger partial charge >= 0.3 is 0 Å². The molecule has 0 spiro atoms. The minimum atomic E-state index is 0.399. The first-order valence-corrected chi connectivity index (χ1v) is 14.8. The lowest BCUT2D eigenvalue weighted by molar-refractivity contribution is 0.670. The highest BCUT2D eigenvalue weighted by Crippen LogP contribution is 2.43. The van der Waals surface area contributed by atoms with Crippen molar-refractivity contribution in [2.24, 2.45) is 0 Å². The Bertz CT molecular complexity index is 2950. The average molecular weight is 599 g/mol. The molecule has 0 amide bonds. The van der Waals surface area contributed by atoms with Gasteiger partial charge in [-0.1, -0.05) is 42.5 Å². The van der Waals surface area contributed by atoms with Crippen LogP contribution >= 0.6 is 0 Å². The Morgan fingerprint density at radius 1 is 0.532 bits per heavy atom. The van der Waals surface area contributed by atoms with Gasteiger partial charge in [-0.25, -0.2) is 4.85 Å². The number of hydrogen-bond donors (Lipinski definition) is 0. The zero-order chi connectivity index (χ0) is 31.8. The minimum Gasteiger partial charge on any atom is -0.466 e. The summed E-state index contributed by atoms with van der Waals surface area (Å²) in [4.78, 5) is 3.65. The second-order valence-electron chi connectivity index (χ2n) is 11.4. The number of nitrogens with zero attached hydrogens (tertiary/aromatic N) is 6. The van der Waals surface area contributed by atoms with Crippen molar-refractivity contribution in [3.8, 4) is 29.6 Å². The maximum atomic E-state index is 10.7. The third-order valence-corrected chi connectivity index (χ3v) is 9.00. The van der Waals surface area contributed by atoms with E-state index in [1.165, 1.54) is 0 Å². The number of furan rings is 1. The smallest absolute Gasteiger partial charge is 0.229 e. The van der Waals surface area contributed by atoms with Crippen LogP contribution < -0.4 is 0 Å². The van der Waals surface area contributed by atoms with Gasteiger partial charge in [0.2, 0.25) is 5.69 Å². The van der Waals surface area contributed by atoms with Crippen LogP contribution in [0.5, 0.6) is 0 Å². The van der Waals surface area contributed by atoms with Crippen molar-refractivity contribution in [1.82, 2.24) is 9.13 Å². The van der Waals surface area contributed by atoms with Crippen LogP contribution in [0.15, 0.2) is 114 Å². The van der Waals surface area contributed by atoms with E-state index in [0.717, 1.165) is 65.8 Å². The van der Waals surface area contributed by atoms with E-state index in [9.17, 15) is 15.8 Å². The Kier molecular flexibility index (Phi) is 5.33. The SMILES string of the molecule is [C-]#[N+]c1cccc2c1oc1c(C#N)c3c(cc12)c1ccccc1n3-c1cccc(-n2c3ccc(C#N)cc3c3cc(C#N)ccc32)c1. The topological polar surface area (TPSA) is 98.7 Å². The van der Waals surface area contributed by atoms with Crippen LogP contribution in [0.4, 0.5) is 5.69 Å². The molecular formula is C40H18N6O. The van der Waals surface area contributed by atoms with Gasteiger partial charge in [-0.05, 0) is 66.7 Å². The molecule has 0 radical (unpaired) electrons. The Hall–Kier alpha value is -7.32. The van der Waals surface area contributed by atoms with Crippen molar-refractivity contribution in [3.63, 3.8) is 0 Å². The molecule has 0 saturated carbocycles. The molecule has 0 unspecified atom stereocenters. The van der Waals surface area contributed by atoms with Crippen LogP contribution in [0.2, 0.25) is 0 Å². The number of rotatable bonds is 2. The van der Waals surface area contributed by atoms with Gasteiger partial charge in [-0.2, -0.15) is 15.8 Å². The number of nitriles is 3. The minimum absolute atomic E-state index is 0.399. The first kappa shape index (κ1) is 26.1. The number of fused-ring (bicyclic) bond motifs is 9. The zero-order valence-corrected chi connectivity index (χ0v) is 24.5. The lowest BCUT2D eigenvalue weighted by Gasteiger charge is -2.13. The van der Waals surface area contributed by atoms with Gasteiger partial charge in [0.05, 0.1) is 51.9 Å². The molecule has 0 fully saturated rings. The third kappa shape index (κ3) is 3.51. The Morgan fingerprint density at radius 3 is 1.85 bits per heavy atom. The van der Waals surface area contributed by atoms with Crippen molar-refractivity contribution >= 4 is 71.2 Å². The molecule has 6 aromatic carbocycles. The molecule has 9 aromatic rings. The van der Waals surface area contributed by atoms with Gasteiger partial charge in [0.15, 0.2) is 5.58 Å². The summed E-state index contributed by atoms with van der Waals surface area (Å²) in [5.74, 6) is 0. The maximum Gasteiger partial charge on any atom is 0.229 e. The highest BCUT2D eigenvalue weighted by Gasteiger charge is 2.23. The predicted octanol–water partition coefficient (Wildman–Crippen LogP) is 9.95. The van der Waals surface area contributed by atoms with Crippen molar-refractivity contribution in [2.75, 3.05) is 0 Å². The van der Waals surface area contributed by atoms with Crippen molar-refractivity contribution in [1.29, 1.82) is 15.8 Å². The fourth-order valence-electron chi connectivity index (χ4n) is 7.03. The standard InChI is InChI=1S/C40H18N6O/c1-44-34-10-5-9-28-32-19-31-27-8-2-3-11-35(27)46(38(31)33(22-43)39(32)47-40(28)34)26-7-4-6-25(18-26)45-36-14-12-23(20-41)16-29(36)30-17-24(21-42)13-15-37(30)45/h2-19H. The number of para-hydroxylation sites is 2. The average Bonchev–Trinajstić information content (AvgIpc) is 3.77. The molecule has 3 heterocycles. The molecule has 0 aliphatic rings. The molecular weight excluding hydrogens is 580 g/mol. The molecule has 7 heteroatoms. The largest absolute Gasteiger partial charge is 0.466 e. The molecule has 9 rings (SSSR count). The molecule has 0 aliphatic heterocycles. The molecule has 0 atom stereocenters. The summed E-state index contributed by atoms with van der Waals surface area (Å²) in [6.07, 6.45) is 0. The van der Waals surface area contributed by atoms with E-state index in [1.807, 2.05) is 72.8 Å². The van der Waals surface area contributed by atoms with Crippen molar-refractivity contribution in [2.45, 2.75) is 0 Å². The lowest BCUT2D eigenvalue weighted by atomic mass is 10.0. The van der Waals surface area contributed by atoms with Gasteiger partial charge < -0.3 is 13.6 Å². The quantitative estimate of drug-likeness (QED) is 0.185. The van der Waals surface area contributed by atoms with Gasteiger partial charge in [-0.3, -0.25) is 0 Å². The Labute approximate surface area is 267 Å². The first-order chi connectivity index (χ1) is 23.1. The summed E-state index contributed by atoms with van der Waals surface area (Å²) in [5, 5.41) is 35.2. The summed E-state index contributed by atoms with van der Waals surface area (Å²) in [6.45, 7) is 7.65. The van der Waals surface area contributed by atoms with E-state index >= 15 is 0 Å². The van der Waals surface area contributed by atoms with Gasteiger partial charge in [0, 0.05) is 43.7 Å². The Morgan fingerprint density at radius 2 is 1.17 bits per heavy atom. The van der Waals surface area contributed by atoms with E-state index in [2.05, 4.69) is 50.4 Å². The number of hydrogen-bond acceptors (Lipinski definition) is 4. The van der Waals surface area contributed by atoms with E-state index in [-0.39, 0.29) is 0 Å². The van der Waals surface area contributed by atoms with Crippen LogP contribution in [-0.4, -0.2) is 9.13 Å². The van der Waals surface area contributed by atoms with Crippen LogP contribution in [0.25, 0.3) is 81.8 Å². The maximum absolute atomic E-state index is 10.7. The summed E-state index contributed by atoms with van der Waals surface area (Å²) >= 11 is 0. The van der Waals surface area contributed by atoms with Gasteiger partial charge in [-0.15, -0.1) is 0 Å². The molecule has 214 valence electrons. The monoisotopic (exact) mass is 598 g/mol. The zero-order valence-electron chi connectivity index (χ0n) is 24.5. The lowest BCUT2D eigenvalue weighted by Crippen LogP contribution is -1.99. The number of benzene rings is 6. The summed E-state index contributed by atoms with van der Waals surface area (Å²) < 4.78 is 10.5. The molecule has 0 N–H and O–H groups in total. The van der Waals surface area contributed by atoms with E-state index in [0.29, 0.717) is 33.5 Å². The third-order valence-electron chi connectivity index (χ3n) is 9.00. The van der Waals surface area contributed by atoms with Gasteiger partial charge in [0.1, 0.15) is 17.2 Å². The molecule has 7 nitrogen and oxygen atoms in total. The summed E-state index contributed by atoms with van der Waals surface area (Å²) in [5.41, 5.74) is 8.03. The second-order valence-corrected chi connectivity index (χ2v) is 11.4. The second kappa shape index (κ2) is 9.59. The molecule has 3 aromatic heterocycles. The normalized spacial score (nSPS) is 11.3. The highest BCUT2D eigenvalue weighted by molar-refractivity contribution is 6.21. The van der Waals surface area contributed by atoms with Crippen LogP contribution in [0.3, 0.4) is 0 Å². The molecule has 0 bridgehead atoms. The fraction of sp³-hybridized carbons (Fsp3) is 0. The summed E-state index contributed by atoms with van der Waals surface area (Å²) in [7, 11) is 0. The van der Waals surface area contributed by atoms with Crippen LogP contribution in [-0.2, 0) is 0 Å². The van der Waals surface area contributed by atoms with E-state index < -0.39 is 0 Å². The first-order valence-electron chi connectivity index (χ1n) is 14.8. The molecule has 0 saturated heterocycles. The van der Waals surface area contributed by atoms with Crippen molar-refractivity contribution in [3.05, 3.63) is 137 Å². The predicted molar refractivity (Wildman–Crippen MR) is 183 cm³/mol. The van der Waals surface area contributed by atoms with Crippen molar-refractivity contribution < 1.29 is 4.42 Å². The number of aromatic nitrogens is 2.